The van der Waals surface area contributed by atoms with Crippen LogP contribution >= 0.6 is 0 Å². The van der Waals surface area contributed by atoms with Gasteiger partial charge in [-0.2, -0.15) is 0 Å². The van der Waals surface area contributed by atoms with Crippen LogP contribution in [0.3, 0.4) is 0 Å². The van der Waals surface area contributed by atoms with Crippen molar-refractivity contribution < 1.29 is 19.1 Å². The maximum absolute atomic E-state index is 12.9. The molecule has 2 heterocycles. The van der Waals surface area contributed by atoms with Crippen molar-refractivity contribution in [3.8, 4) is 5.75 Å². The molecule has 2 aliphatic rings. The smallest absolute Gasteiger partial charge is 0.227 e. The summed E-state index contributed by atoms with van der Waals surface area (Å²) in [5.41, 5.74) is 2.01. The van der Waals surface area contributed by atoms with Gasteiger partial charge in [-0.25, -0.2) is 0 Å². The van der Waals surface area contributed by atoms with Gasteiger partial charge in [0.05, 0.1) is 12.3 Å². The van der Waals surface area contributed by atoms with Crippen molar-refractivity contribution in [1.29, 1.82) is 0 Å². The van der Waals surface area contributed by atoms with Crippen molar-refractivity contribution in [3.05, 3.63) is 65.7 Å². The number of likely N-dealkylation sites (N-methyl/N-ethyl adjacent to an activating group) is 1. The van der Waals surface area contributed by atoms with Crippen LogP contribution < -0.4 is 10.1 Å². The Morgan fingerprint density at radius 3 is 2.64 bits per heavy atom. The highest BCUT2D eigenvalue weighted by molar-refractivity contribution is 5.82. The molecule has 4 rings (SSSR count). The third kappa shape index (κ3) is 7.80. The van der Waals surface area contributed by atoms with Crippen LogP contribution in [0, 0.1) is 5.92 Å². The summed E-state index contributed by atoms with van der Waals surface area (Å²) in [7, 11) is 2.15. The van der Waals surface area contributed by atoms with Gasteiger partial charge in [-0.15, -0.1) is 0 Å². The monoisotopic (exact) mass is 493 g/mol. The normalized spacial score (nSPS) is 18.7. The summed E-state index contributed by atoms with van der Waals surface area (Å²) in [5.74, 6) is 0.749. The van der Waals surface area contributed by atoms with Gasteiger partial charge in [0, 0.05) is 45.4 Å². The van der Waals surface area contributed by atoms with Gasteiger partial charge in [0.2, 0.25) is 11.8 Å². The van der Waals surface area contributed by atoms with Crippen LogP contribution in [0.5, 0.6) is 5.75 Å². The molecule has 0 aliphatic carbocycles. The lowest BCUT2D eigenvalue weighted by atomic mass is 9.96. The molecule has 1 N–H and O–H groups in total. The van der Waals surface area contributed by atoms with Crippen LogP contribution in [0.4, 0.5) is 0 Å². The highest BCUT2D eigenvalue weighted by atomic mass is 16.5. The zero-order valence-electron chi connectivity index (χ0n) is 21.4. The Morgan fingerprint density at radius 1 is 1.06 bits per heavy atom. The summed E-state index contributed by atoms with van der Waals surface area (Å²) < 4.78 is 11.4. The quantitative estimate of drug-likeness (QED) is 0.550. The molecule has 1 unspecified atom stereocenters. The Labute approximate surface area is 214 Å². The fraction of sp³-hybridized carbons (Fsp3) is 0.517. The van der Waals surface area contributed by atoms with Crippen LogP contribution in [-0.4, -0.2) is 74.2 Å². The number of nitrogens with one attached hydrogen (secondary N) is 1. The second-order valence-corrected chi connectivity index (χ2v) is 9.88. The number of hydrogen-bond donors (Lipinski definition) is 1. The number of benzene rings is 2. The number of amides is 2. The third-order valence-electron chi connectivity index (χ3n) is 7.24. The Hall–Kier alpha value is -2.90. The van der Waals surface area contributed by atoms with Crippen LogP contribution in [0.1, 0.15) is 36.8 Å². The average Bonchev–Trinajstić information content (AvgIpc) is 2.93. The zero-order valence-corrected chi connectivity index (χ0v) is 21.4. The second-order valence-electron chi connectivity index (χ2n) is 9.88. The molecular formula is C29H39N3O4. The van der Waals surface area contributed by atoms with Crippen molar-refractivity contribution in [2.24, 2.45) is 5.92 Å². The Balaban J connectivity index is 1.20. The minimum Gasteiger partial charge on any atom is -0.492 e. The van der Waals surface area contributed by atoms with E-state index in [0.717, 1.165) is 68.9 Å². The zero-order chi connectivity index (χ0) is 25.2. The number of carbonyl (C=O) groups is 2. The number of carbonyl (C=O) groups excluding carboxylic acids is 2. The summed E-state index contributed by atoms with van der Waals surface area (Å²) in [6.07, 6.45) is 4.19. The summed E-state index contributed by atoms with van der Waals surface area (Å²) in [4.78, 5) is 29.8. The van der Waals surface area contributed by atoms with E-state index in [1.54, 1.807) is 0 Å². The molecule has 36 heavy (non-hydrogen) atoms. The molecular weight excluding hydrogens is 454 g/mol. The Bertz CT molecular complexity index is 977. The van der Waals surface area contributed by atoms with E-state index in [1.165, 1.54) is 0 Å². The molecule has 2 fully saturated rings. The van der Waals surface area contributed by atoms with Gasteiger partial charge in [-0.3, -0.25) is 14.5 Å². The van der Waals surface area contributed by atoms with Gasteiger partial charge < -0.3 is 19.7 Å². The third-order valence-corrected chi connectivity index (χ3v) is 7.24. The minimum atomic E-state index is -0.168. The summed E-state index contributed by atoms with van der Waals surface area (Å²) in [5, 5.41) is 3.07. The van der Waals surface area contributed by atoms with Gasteiger partial charge in [-0.05, 0) is 56.0 Å². The van der Waals surface area contributed by atoms with E-state index in [1.807, 2.05) is 59.5 Å². The summed E-state index contributed by atoms with van der Waals surface area (Å²) in [6.45, 7) is 4.83. The van der Waals surface area contributed by atoms with E-state index in [2.05, 4.69) is 17.3 Å². The molecule has 7 heteroatoms. The average molecular weight is 494 g/mol. The van der Waals surface area contributed by atoms with E-state index in [4.69, 9.17) is 9.47 Å². The maximum atomic E-state index is 12.9. The first-order valence-corrected chi connectivity index (χ1v) is 13.2. The molecule has 0 saturated carbocycles. The molecule has 194 valence electrons. The number of nitrogens with zero attached hydrogens (tertiary/aromatic N) is 2. The predicted octanol–water partition coefficient (Wildman–Crippen LogP) is 3.27. The first-order chi connectivity index (χ1) is 17.6. The van der Waals surface area contributed by atoms with Crippen molar-refractivity contribution in [2.45, 2.75) is 44.7 Å². The lowest BCUT2D eigenvalue weighted by Crippen LogP contribution is -2.45. The first kappa shape index (κ1) is 26.2. The molecule has 2 aromatic carbocycles. The van der Waals surface area contributed by atoms with Crippen molar-refractivity contribution in [1.82, 2.24) is 15.1 Å². The van der Waals surface area contributed by atoms with Crippen LogP contribution in [0.15, 0.2) is 54.6 Å². The molecule has 2 amide bonds. The van der Waals surface area contributed by atoms with Crippen molar-refractivity contribution in [2.75, 3.05) is 46.5 Å². The SMILES string of the molecule is CN(CCOc1cccc(CNC(=O)C2CCCN(C(=O)Cc3ccccc3)C2)c1)C1CCOCC1. The van der Waals surface area contributed by atoms with Crippen molar-refractivity contribution in [3.63, 3.8) is 0 Å². The summed E-state index contributed by atoms with van der Waals surface area (Å²) in [6, 6.07) is 18.2. The van der Waals surface area contributed by atoms with E-state index in [9.17, 15) is 9.59 Å². The molecule has 0 aromatic heterocycles. The fourth-order valence-electron chi connectivity index (χ4n) is 4.99. The van der Waals surface area contributed by atoms with Crippen LogP contribution in [0.25, 0.3) is 0 Å². The minimum absolute atomic E-state index is 0.0108. The second kappa shape index (κ2) is 13.4. The Morgan fingerprint density at radius 2 is 1.83 bits per heavy atom. The van der Waals surface area contributed by atoms with Gasteiger partial charge >= 0.3 is 0 Å². The predicted molar refractivity (Wildman–Crippen MR) is 140 cm³/mol. The van der Waals surface area contributed by atoms with Crippen molar-refractivity contribution >= 4 is 11.8 Å². The maximum Gasteiger partial charge on any atom is 0.227 e. The van der Waals surface area contributed by atoms with E-state index >= 15 is 0 Å². The molecule has 0 bridgehead atoms. The van der Waals surface area contributed by atoms with E-state index in [-0.39, 0.29) is 17.7 Å². The standard InChI is InChI=1S/C29H39N3O4/c1-31(26-12-16-35-17-13-26)15-18-36-27-11-5-9-24(19-27)21-30-29(34)25-10-6-14-32(22-25)28(33)20-23-7-3-2-4-8-23/h2-5,7-9,11,19,25-26H,6,10,12-18,20-22H2,1H3,(H,30,34). The van der Waals surface area contributed by atoms with Gasteiger partial charge in [-0.1, -0.05) is 42.5 Å². The fourth-order valence-corrected chi connectivity index (χ4v) is 4.99. The number of likely N-dealkylation sites (tertiary alicyclic amines) is 1. The molecule has 2 aliphatic heterocycles. The number of ether oxygens (including phenoxy) is 2. The van der Waals surface area contributed by atoms with Crippen LogP contribution in [0.2, 0.25) is 0 Å². The molecule has 7 nitrogen and oxygen atoms in total. The highest BCUT2D eigenvalue weighted by Gasteiger charge is 2.28. The Kier molecular flexibility index (Phi) is 9.76. The number of piperidine rings is 1. The van der Waals surface area contributed by atoms with Gasteiger partial charge in [0.1, 0.15) is 12.4 Å². The van der Waals surface area contributed by atoms with Gasteiger partial charge in [0.25, 0.3) is 0 Å². The van der Waals surface area contributed by atoms with E-state index in [0.29, 0.717) is 32.2 Å². The molecule has 1 atom stereocenters. The lowest BCUT2D eigenvalue weighted by Gasteiger charge is -2.32. The molecule has 2 saturated heterocycles. The highest BCUT2D eigenvalue weighted by Crippen LogP contribution is 2.19. The molecule has 0 radical (unpaired) electrons. The topological polar surface area (TPSA) is 71.1 Å². The van der Waals surface area contributed by atoms with Crippen LogP contribution in [-0.2, 0) is 27.3 Å². The molecule has 2 aromatic rings. The largest absolute Gasteiger partial charge is 0.492 e. The van der Waals surface area contributed by atoms with Gasteiger partial charge in [0.15, 0.2) is 0 Å². The lowest BCUT2D eigenvalue weighted by molar-refractivity contribution is -0.135. The number of rotatable bonds is 10. The molecule has 0 spiro atoms. The van der Waals surface area contributed by atoms with E-state index < -0.39 is 0 Å². The first-order valence-electron chi connectivity index (χ1n) is 13.2. The number of hydrogen-bond acceptors (Lipinski definition) is 5. The summed E-state index contributed by atoms with van der Waals surface area (Å²) >= 11 is 0.